The highest BCUT2D eigenvalue weighted by molar-refractivity contribution is 9.10. The van der Waals surface area contributed by atoms with Gasteiger partial charge in [-0.3, -0.25) is 0 Å². The second-order valence-electron chi connectivity index (χ2n) is 3.91. The molecule has 2 heterocycles. The van der Waals surface area contributed by atoms with Gasteiger partial charge in [-0.1, -0.05) is 15.9 Å². The zero-order valence-corrected chi connectivity index (χ0v) is 12.2. The second-order valence-corrected chi connectivity index (χ2v) is 5.10. The summed E-state index contributed by atoms with van der Waals surface area (Å²) in [6.07, 6.45) is 1.52. The Hall–Kier alpha value is -1.66. The lowest BCUT2D eigenvalue weighted by Crippen LogP contribution is -1.93. The molecule has 96 valence electrons. The van der Waals surface area contributed by atoms with Crippen molar-refractivity contribution in [3.63, 3.8) is 0 Å². The van der Waals surface area contributed by atoms with Gasteiger partial charge in [0.2, 0.25) is 11.2 Å². The molecule has 2 aromatic heterocycles. The maximum atomic E-state index is 5.84. The first kappa shape index (κ1) is 12.4. The third kappa shape index (κ3) is 2.41. The van der Waals surface area contributed by atoms with Gasteiger partial charge >= 0.3 is 0 Å². The molecule has 0 bridgehead atoms. The lowest BCUT2D eigenvalue weighted by atomic mass is 10.2. The summed E-state index contributed by atoms with van der Waals surface area (Å²) < 4.78 is 6.76. The molecule has 5 nitrogen and oxygen atoms in total. The maximum absolute atomic E-state index is 5.84. The fourth-order valence-corrected chi connectivity index (χ4v) is 2.05. The van der Waals surface area contributed by atoms with E-state index < -0.39 is 0 Å². The van der Waals surface area contributed by atoms with Gasteiger partial charge < -0.3 is 9.72 Å². The Bertz CT molecular complexity index is 759. The zero-order chi connectivity index (χ0) is 13.4. The molecule has 0 amide bonds. The van der Waals surface area contributed by atoms with E-state index in [0.29, 0.717) is 22.8 Å². The number of aryl methyl sites for hydroxylation is 1. The Morgan fingerprint density at radius 1 is 1.32 bits per heavy atom. The van der Waals surface area contributed by atoms with Crippen LogP contribution in [0.3, 0.4) is 0 Å². The van der Waals surface area contributed by atoms with Crippen molar-refractivity contribution in [3.8, 4) is 11.6 Å². The fourth-order valence-electron chi connectivity index (χ4n) is 1.65. The molecular weight excluding hydrogens is 332 g/mol. The molecule has 0 aliphatic carbocycles. The van der Waals surface area contributed by atoms with E-state index in [9.17, 15) is 0 Å². The Kier molecular flexibility index (Phi) is 3.12. The third-order valence-electron chi connectivity index (χ3n) is 2.57. The number of fused-ring (bicyclic) bond motifs is 1. The fraction of sp³-hybridized carbons (Fsp3) is 0.0833. The summed E-state index contributed by atoms with van der Waals surface area (Å²) in [5, 5.41) is 0.100. The van der Waals surface area contributed by atoms with Crippen molar-refractivity contribution in [2.75, 3.05) is 0 Å². The van der Waals surface area contributed by atoms with Gasteiger partial charge in [-0.15, -0.1) is 0 Å². The molecule has 0 spiro atoms. The van der Waals surface area contributed by atoms with Gasteiger partial charge in [-0.25, -0.2) is 4.98 Å². The van der Waals surface area contributed by atoms with Crippen molar-refractivity contribution in [2.45, 2.75) is 6.92 Å². The van der Waals surface area contributed by atoms with Crippen molar-refractivity contribution in [1.29, 1.82) is 0 Å². The van der Waals surface area contributed by atoms with E-state index in [1.165, 1.54) is 6.33 Å². The van der Waals surface area contributed by atoms with E-state index in [-0.39, 0.29) is 5.28 Å². The number of imidazole rings is 1. The molecule has 0 unspecified atom stereocenters. The normalized spacial score (nSPS) is 10.9. The summed E-state index contributed by atoms with van der Waals surface area (Å²) in [6.45, 7) is 1.98. The predicted octanol–water partition coefficient (Wildman–Crippen LogP) is 3.87. The third-order valence-corrected chi connectivity index (χ3v) is 3.63. The number of nitrogens with zero attached hydrogens (tertiary/aromatic N) is 3. The van der Waals surface area contributed by atoms with E-state index in [1.54, 1.807) is 0 Å². The zero-order valence-electron chi connectivity index (χ0n) is 9.82. The highest BCUT2D eigenvalue weighted by Gasteiger charge is 2.11. The highest BCUT2D eigenvalue weighted by Crippen LogP contribution is 2.28. The number of nitrogens with one attached hydrogen (secondary N) is 1. The molecule has 1 aromatic carbocycles. The summed E-state index contributed by atoms with van der Waals surface area (Å²) in [7, 11) is 0. The molecule has 0 aliphatic heterocycles. The van der Waals surface area contributed by atoms with Gasteiger partial charge in [-0.2, -0.15) is 9.97 Å². The summed E-state index contributed by atoms with van der Waals surface area (Å²) in [6, 6.07) is 5.66. The molecule has 3 aromatic rings. The Morgan fingerprint density at radius 3 is 2.95 bits per heavy atom. The summed E-state index contributed by atoms with van der Waals surface area (Å²) in [4.78, 5) is 15.0. The number of ether oxygens (including phenoxy) is 1. The first-order valence-corrected chi connectivity index (χ1v) is 6.61. The van der Waals surface area contributed by atoms with Crippen LogP contribution in [0.5, 0.6) is 11.6 Å². The number of aromatic nitrogens is 4. The molecule has 19 heavy (non-hydrogen) atoms. The van der Waals surface area contributed by atoms with Crippen molar-refractivity contribution < 1.29 is 4.74 Å². The Balaban J connectivity index is 2.04. The molecule has 0 radical (unpaired) electrons. The highest BCUT2D eigenvalue weighted by atomic mass is 79.9. The van der Waals surface area contributed by atoms with Crippen LogP contribution in [0.25, 0.3) is 11.2 Å². The van der Waals surface area contributed by atoms with Crippen molar-refractivity contribution >= 4 is 38.7 Å². The minimum Gasteiger partial charge on any atom is -0.437 e. The quantitative estimate of drug-likeness (QED) is 0.720. The van der Waals surface area contributed by atoms with Crippen LogP contribution in [0.4, 0.5) is 0 Å². The van der Waals surface area contributed by atoms with Crippen molar-refractivity contribution in [1.82, 2.24) is 19.9 Å². The van der Waals surface area contributed by atoms with Gasteiger partial charge in [0.05, 0.1) is 6.33 Å². The van der Waals surface area contributed by atoms with Gasteiger partial charge in [0.25, 0.3) is 0 Å². The summed E-state index contributed by atoms with van der Waals surface area (Å²) in [5.74, 6) is 1.03. The number of H-pyrrole nitrogens is 1. The van der Waals surface area contributed by atoms with Gasteiger partial charge in [0.1, 0.15) is 11.3 Å². The van der Waals surface area contributed by atoms with Crippen LogP contribution in [-0.4, -0.2) is 19.9 Å². The van der Waals surface area contributed by atoms with E-state index in [1.807, 2.05) is 25.1 Å². The number of hydrogen-bond donors (Lipinski definition) is 1. The summed E-state index contributed by atoms with van der Waals surface area (Å²) in [5.41, 5.74) is 2.16. The van der Waals surface area contributed by atoms with Crippen LogP contribution < -0.4 is 4.74 Å². The van der Waals surface area contributed by atoms with E-state index in [2.05, 4.69) is 35.9 Å². The maximum Gasteiger partial charge on any atom is 0.250 e. The van der Waals surface area contributed by atoms with E-state index in [4.69, 9.17) is 16.3 Å². The minimum atomic E-state index is 0.100. The van der Waals surface area contributed by atoms with Crippen LogP contribution in [0, 0.1) is 6.92 Å². The number of hydrogen-bond acceptors (Lipinski definition) is 4. The van der Waals surface area contributed by atoms with E-state index in [0.717, 1.165) is 10.0 Å². The molecule has 0 fully saturated rings. The topological polar surface area (TPSA) is 63.7 Å². The first-order valence-electron chi connectivity index (χ1n) is 5.44. The largest absolute Gasteiger partial charge is 0.437 e. The number of rotatable bonds is 2. The Morgan fingerprint density at radius 2 is 2.16 bits per heavy atom. The molecule has 0 saturated carbocycles. The van der Waals surface area contributed by atoms with Gasteiger partial charge in [0, 0.05) is 4.47 Å². The SMILES string of the molecule is Cc1cc(Oc2nc(Cl)nc3nc[nH]c23)ccc1Br. The standard InChI is InChI=1S/C12H8BrClN4O/c1-6-4-7(2-3-8(6)13)19-11-9-10(16-5-15-9)17-12(14)18-11/h2-5H,1H3,(H,15,16,17,18). The average Bonchev–Trinajstić information content (AvgIpc) is 2.82. The molecule has 3 rings (SSSR count). The molecule has 1 N–H and O–H groups in total. The lowest BCUT2D eigenvalue weighted by Gasteiger charge is -2.07. The van der Waals surface area contributed by atoms with Crippen LogP contribution in [0.2, 0.25) is 5.28 Å². The predicted molar refractivity (Wildman–Crippen MR) is 75.6 cm³/mol. The van der Waals surface area contributed by atoms with Gasteiger partial charge in [-0.05, 0) is 42.3 Å². The molecular formula is C12H8BrClN4O. The van der Waals surface area contributed by atoms with Crippen LogP contribution >= 0.6 is 27.5 Å². The average molecular weight is 340 g/mol. The van der Waals surface area contributed by atoms with Crippen molar-refractivity contribution in [2.24, 2.45) is 0 Å². The molecule has 0 atom stereocenters. The van der Waals surface area contributed by atoms with E-state index >= 15 is 0 Å². The lowest BCUT2D eigenvalue weighted by molar-refractivity contribution is 0.467. The summed E-state index contributed by atoms with van der Waals surface area (Å²) >= 11 is 9.28. The monoisotopic (exact) mass is 338 g/mol. The first-order chi connectivity index (χ1) is 9.13. The van der Waals surface area contributed by atoms with Gasteiger partial charge in [0.15, 0.2) is 5.65 Å². The molecule has 0 saturated heterocycles. The molecule has 0 aliphatic rings. The number of benzene rings is 1. The number of halogens is 2. The second kappa shape index (κ2) is 4.79. The van der Waals surface area contributed by atoms with Crippen LogP contribution in [-0.2, 0) is 0 Å². The van der Waals surface area contributed by atoms with Crippen LogP contribution in [0.1, 0.15) is 5.56 Å². The number of aromatic amines is 1. The van der Waals surface area contributed by atoms with Crippen molar-refractivity contribution in [3.05, 3.63) is 39.8 Å². The van der Waals surface area contributed by atoms with Crippen LogP contribution in [0.15, 0.2) is 29.0 Å². The minimum absolute atomic E-state index is 0.100. The smallest absolute Gasteiger partial charge is 0.250 e. The Labute approximate surface area is 122 Å². The molecule has 7 heteroatoms.